The number of rotatable bonds is 6. The highest BCUT2D eigenvalue weighted by Gasteiger charge is 2.24. The SMILES string of the molecule is COc1ccc(-c2nc(NC(=O)C3CCNCC3)oc2-c2ccc(OC)cc2)cc1. The number of nitrogens with zero attached hydrogens (tertiary/aromatic N) is 1. The highest BCUT2D eigenvalue weighted by molar-refractivity contribution is 5.91. The van der Waals surface area contributed by atoms with Crippen molar-refractivity contribution in [3.8, 4) is 34.1 Å². The molecule has 7 heteroatoms. The summed E-state index contributed by atoms with van der Waals surface area (Å²) in [5, 5.41) is 6.13. The maximum atomic E-state index is 12.7. The molecule has 4 rings (SSSR count). The molecule has 0 atom stereocenters. The van der Waals surface area contributed by atoms with Crippen LogP contribution < -0.4 is 20.1 Å². The van der Waals surface area contributed by atoms with Crippen LogP contribution >= 0.6 is 0 Å². The van der Waals surface area contributed by atoms with Gasteiger partial charge in [0.2, 0.25) is 5.91 Å². The minimum Gasteiger partial charge on any atom is -0.497 e. The molecule has 30 heavy (non-hydrogen) atoms. The average Bonchev–Trinajstić information content (AvgIpc) is 3.23. The molecule has 2 aromatic carbocycles. The van der Waals surface area contributed by atoms with Crippen LogP contribution in [-0.4, -0.2) is 38.2 Å². The number of aromatic nitrogens is 1. The second-order valence-electron chi connectivity index (χ2n) is 7.17. The van der Waals surface area contributed by atoms with Crippen LogP contribution in [0.2, 0.25) is 0 Å². The number of anilines is 1. The van der Waals surface area contributed by atoms with Crippen LogP contribution in [-0.2, 0) is 4.79 Å². The maximum Gasteiger partial charge on any atom is 0.302 e. The van der Waals surface area contributed by atoms with Gasteiger partial charge in [-0.2, -0.15) is 4.98 Å². The van der Waals surface area contributed by atoms with Crippen LogP contribution in [0.5, 0.6) is 11.5 Å². The minimum atomic E-state index is -0.0553. The molecule has 156 valence electrons. The Bertz CT molecular complexity index is 925. The van der Waals surface area contributed by atoms with E-state index in [1.807, 2.05) is 48.5 Å². The lowest BCUT2D eigenvalue weighted by Crippen LogP contribution is -2.34. The second-order valence-corrected chi connectivity index (χ2v) is 7.17. The lowest BCUT2D eigenvalue weighted by molar-refractivity contribution is -0.120. The van der Waals surface area contributed by atoms with Crippen molar-refractivity contribution >= 4 is 11.9 Å². The van der Waals surface area contributed by atoms with E-state index in [4.69, 9.17) is 13.9 Å². The smallest absolute Gasteiger partial charge is 0.302 e. The van der Waals surface area contributed by atoms with Crippen molar-refractivity contribution in [1.82, 2.24) is 10.3 Å². The predicted molar refractivity (Wildman–Crippen MR) is 115 cm³/mol. The summed E-state index contributed by atoms with van der Waals surface area (Å²) < 4.78 is 16.5. The summed E-state index contributed by atoms with van der Waals surface area (Å²) >= 11 is 0. The van der Waals surface area contributed by atoms with E-state index in [1.54, 1.807) is 14.2 Å². The Morgan fingerprint density at radius 3 is 2.10 bits per heavy atom. The molecule has 1 aliphatic rings. The molecule has 7 nitrogen and oxygen atoms in total. The van der Waals surface area contributed by atoms with Crippen LogP contribution in [0.4, 0.5) is 6.01 Å². The van der Waals surface area contributed by atoms with Gasteiger partial charge in [-0.1, -0.05) is 0 Å². The molecule has 1 fully saturated rings. The Morgan fingerprint density at radius 1 is 0.967 bits per heavy atom. The fourth-order valence-electron chi connectivity index (χ4n) is 3.55. The summed E-state index contributed by atoms with van der Waals surface area (Å²) in [7, 11) is 3.25. The number of nitrogens with one attached hydrogen (secondary N) is 2. The standard InChI is InChI=1S/C23H25N3O4/c1-28-18-7-3-15(4-8-18)20-21(16-5-9-19(29-2)10-6-16)30-23(25-20)26-22(27)17-11-13-24-14-12-17/h3-10,17,24H,11-14H2,1-2H3,(H,25,26,27). The van der Waals surface area contributed by atoms with Crippen LogP contribution in [0.15, 0.2) is 52.9 Å². The number of hydrogen-bond acceptors (Lipinski definition) is 6. The second kappa shape index (κ2) is 9.00. The number of ether oxygens (including phenoxy) is 2. The minimum absolute atomic E-state index is 0.0352. The topological polar surface area (TPSA) is 85.6 Å². The molecule has 0 bridgehead atoms. The zero-order valence-corrected chi connectivity index (χ0v) is 17.1. The van der Waals surface area contributed by atoms with E-state index in [0.29, 0.717) is 11.5 Å². The molecule has 0 spiro atoms. The summed E-state index contributed by atoms with van der Waals surface area (Å²) in [5.41, 5.74) is 2.37. The van der Waals surface area contributed by atoms with Gasteiger partial charge in [0.05, 0.1) is 14.2 Å². The van der Waals surface area contributed by atoms with Crippen molar-refractivity contribution in [3.63, 3.8) is 0 Å². The number of carbonyl (C=O) groups is 1. The summed E-state index contributed by atoms with van der Waals surface area (Å²) in [5.74, 6) is 2.01. The number of oxazole rings is 1. The molecule has 2 heterocycles. The molecule has 0 saturated carbocycles. The molecular weight excluding hydrogens is 382 g/mol. The van der Waals surface area contributed by atoms with Crippen molar-refractivity contribution < 1.29 is 18.7 Å². The van der Waals surface area contributed by atoms with E-state index < -0.39 is 0 Å². The molecular formula is C23H25N3O4. The van der Waals surface area contributed by atoms with Gasteiger partial charge in [-0.15, -0.1) is 0 Å². The number of benzene rings is 2. The number of amides is 1. The van der Waals surface area contributed by atoms with Crippen LogP contribution in [0.25, 0.3) is 22.6 Å². The zero-order valence-electron chi connectivity index (χ0n) is 17.1. The first kappa shape index (κ1) is 20.0. The lowest BCUT2D eigenvalue weighted by atomic mass is 9.97. The van der Waals surface area contributed by atoms with Gasteiger partial charge in [-0.3, -0.25) is 10.1 Å². The van der Waals surface area contributed by atoms with E-state index >= 15 is 0 Å². The van der Waals surface area contributed by atoms with Gasteiger partial charge in [-0.25, -0.2) is 0 Å². The molecule has 1 saturated heterocycles. The van der Waals surface area contributed by atoms with Crippen LogP contribution in [0.3, 0.4) is 0 Å². The predicted octanol–water partition coefficient (Wildman–Crippen LogP) is 3.96. The normalized spacial score (nSPS) is 14.3. The molecule has 1 amide bonds. The first-order valence-electron chi connectivity index (χ1n) is 9.99. The number of hydrogen-bond donors (Lipinski definition) is 2. The number of methoxy groups -OCH3 is 2. The Balaban J connectivity index is 1.67. The van der Waals surface area contributed by atoms with Crippen molar-refractivity contribution in [1.29, 1.82) is 0 Å². The molecule has 0 unspecified atom stereocenters. The summed E-state index contributed by atoms with van der Waals surface area (Å²) in [6.07, 6.45) is 1.62. The largest absolute Gasteiger partial charge is 0.497 e. The van der Waals surface area contributed by atoms with Gasteiger partial charge >= 0.3 is 6.01 Å². The van der Waals surface area contributed by atoms with Crippen LogP contribution in [0, 0.1) is 5.92 Å². The zero-order chi connectivity index (χ0) is 20.9. The van der Waals surface area contributed by atoms with E-state index in [-0.39, 0.29) is 17.8 Å². The third kappa shape index (κ3) is 4.31. The van der Waals surface area contributed by atoms with Crippen molar-refractivity contribution in [2.75, 3.05) is 32.6 Å². The molecule has 1 aromatic heterocycles. The first-order chi connectivity index (χ1) is 14.7. The van der Waals surface area contributed by atoms with Crippen molar-refractivity contribution in [2.45, 2.75) is 12.8 Å². The van der Waals surface area contributed by atoms with Gasteiger partial charge in [0.25, 0.3) is 0 Å². The first-order valence-corrected chi connectivity index (χ1v) is 9.99. The Kier molecular flexibility index (Phi) is 5.99. The summed E-state index contributed by atoms with van der Waals surface area (Å²) in [6, 6.07) is 15.3. The monoisotopic (exact) mass is 407 g/mol. The third-order valence-corrected chi connectivity index (χ3v) is 5.28. The molecule has 3 aromatic rings. The van der Waals surface area contributed by atoms with E-state index in [0.717, 1.165) is 48.6 Å². The van der Waals surface area contributed by atoms with Gasteiger partial charge in [0.15, 0.2) is 5.76 Å². The third-order valence-electron chi connectivity index (χ3n) is 5.28. The van der Waals surface area contributed by atoms with Crippen LogP contribution in [0.1, 0.15) is 12.8 Å². The van der Waals surface area contributed by atoms with E-state index in [2.05, 4.69) is 15.6 Å². The molecule has 1 aliphatic heterocycles. The van der Waals surface area contributed by atoms with Gasteiger partial charge in [0, 0.05) is 17.0 Å². The Morgan fingerprint density at radius 2 is 1.53 bits per heavy atom. The fraction of sp³-hybridized carbons (Fsp3) is 0.304. The van der Waals surface area contributed by atoms with Gasteiger partial charge in [-0.05, 0) is 74.5 Å². The highest BCUT2D eigenvalue weighted by atomic mass is 16.5. The highest BCUT2D eigenvalue weighted by Crippen LogP contribution is 2.36. The van der Waals surface area contributed by atoms with E-state index in [9.17, 15) is 4.79 Å². The van der Waals surface area contributed by atoms with Gasteiger partial charge < -0.3 is 19.2 Å². The van der Waals surface area contributed by atoms with Crippen molar-refractivity contribution in [3.05, 3.63) is 48.5 Å². The maximum absolute atomic E-state index is 12.7. The lowest BCUT2D eigenvalue weighted by Gasteiger charge is -2.20. The Labute approximate surface area is 175 Å². The Hall–Kier alpha value is -3.32. The quantitative estimate of drug-likeness (QED) is 0.643. The number of carbonyl (C=O) groups excluding carboxylic acids is 1. The van der Waals surface area contributed by atoms with Gasteiger partial charge in [0.1, 0.15) is 17.2 Å². The summed E-state index contributed by atoms with van der Waals surface area (Å²) in [4.78, 5) is 17.3. The molecule has 0 aliphatic carbocycles. The average molecular weight is 407 g/mol. The molecule has 2 N–H and O–H groups in total. The fourth-order valence-corrected chi connectivity index (χ4v) is 3.55. The summed E-state index contributed by atoms with van der Waals surface area (Å²) in [6.45, 7) is 1.69. The van der Waals surface area contributed by atoms with E-state index in [1.165, 1.54) is 0 Å². The molecule has 0 radical (unpaired) electrons. The van der Waals surface area contributed by atoms with Crippen molar-refractivity contribution in [2.24, 2.45) is 5.92 Å². The number of piperidine rings is 1.